The number of ether oxygens (including phenoxy) is 1. The fraction of sp³-hybridized carbons (Fsp3) is 0.667. The number of nitrogens with zero attached hydrogens (tertiary/aromatic N) is 1. The van der Waals surface area contributed by atoms with Gasteiger partial charge in [0, 0.05) is 25.7 Å². The van der Waals surface area contributed by atoms with Gasteiger partial charge in [-0.15, -0.1) is 0 Å². The first-order chi connectivity index (χ1) is 7.81. The minimum Gasteiger partial charge on any atom is -0.469 e. The summed E-state index contributed by atoms with van der Waals surface area (Å²) in [5.41, 5.74) is 0.0538. The summed E-state index contributed by atoms with van der Waals surface area (Å²) in [5, 5.41) is 3.60. The van der Waals surface area contributed by atoms with Crippen molar-refractivity contribution >= 4 is 0 Å². The number of furan rings is 1. The van der Waals surface area contributed by atoms with E-state index in [1.807, 2.05) is 6.07 Å². The molecular weight excluding hydrogens is 204 g/mol. The van der Waals surface area contributed by atoms with Gasteiger partial charge in [0.25, 0.3) is 0 Å². The molecule has 2 fully saturated rings. The zero-order valence-electron chi connectivity index (χ0n) is 9.61. The number of piperazine rings is 1. The first-order valence-electron chi connectivity index (χ1n) is 5.85. The Kier molecular flexibility index (Phi) is 2.50. The van der Waals surface area contributed by atoms with Gasteiger partial charge >= 0.3 is 0 Å². The van der Waals surface area contributed by atoms with Crippen LogP contribution in [-0.4, -0.2) is 50.8 Å². The Bertz CT molecular complexity index is 346. The Morgan fingerprint density at radius 3 is 2.94 bits per heavy atom. The summed E-state index contributed by atoms with van der Waals surface area (Å²) in [5.74, 6) is 1.06. The highest BCUT2D eigenvalue weighted by Gasteiger charge is 2.50. The van der Waals surface area contributed by atoms with Crippen LogP contribution in [0.2, 0.25) is 0 Å². The molecule has 88 valence electrons. The Morgan fingerprint density at radius 2 is 2.38 bits per heavy atom. The van der Waals surface area contributed by atoms with E-state index < -0.39 is 0 Å². The third kappa shape index (κ3) is 1.49. The van der Waals surface area contributed by atoms with Gasteiger partial charge < -0.3 is 19.4 Å². The fourth-order valence-electron chi connectivity index (χ4n) is 2.67. The zero-order valence-corrected chi connectivity index (χ0v) is 9.61. The second-order valence-corrected chi connectivity index (χ2v) is 4.90. The average Bonchev–Trinajstić information content (AvgIpc) is 2.70. The van der Waals surface area contributed by atoms with E-state index in [1.165, 1.54) is 0 Å². The van der Waals surface area contributed by atoms with Crippen molar-refractivity contribution < 1.29 is 9.15 Å². The summed E-state index contributed by atoms with van der Waals surface area (Å²) in [4.78, 5) is 2.37. The molecule has 4 nitrogen and oxygen atoms in total. The van der Waals surface area contributed by atoms with Crippen molar-refractivity contribution in [3.63, 3.8) is 0 Å². The van der Waals surface area contributed by atoms with Gasteiger partial charge in [-0.05, 0) is 19.2 Å². The van der Waals surface area contributed by atoms with Gasteiger partial charge in [-0.25, -0.2) is 0 Å². The van der Waals surface area contributed by atoms with Crippen LogP contribution in [0.5, 0.6) is 0 Å². The van der Waals surface area contributed by atoms with E-state index in [0.717, 1.165) is 38.6 Å². The van der Waals surface area contributed by atoms with Gasteiger partial charge in [0.15, 0.2) is 0 Å². The molecule has 0 aromatic carbocycles. The molecule has 2 aliphatic heterocycles. The van der Waals surface area contributed by atoms with E-state index in [4.69, 9.17) is 9.15 Å². The smallest absolute Gasteiger partial charge is 0.116 e. The van der Waals surface area contributed by atoms with Gasteiger partial charge in [-0.2, -0.15) is 0 Å². The molecule has 2 aliphatic rings. The van der Waals surface area contributed by atoms with Gasteiger partial charge in [0.05, 0.1) is 24.9 Å². The zero-order chi connectivity index (χ0) is 11.0. The van der Waals surface area contributed by atoms with E-state index in [-0.39, 0.29) is 5.41 Å². The lowest BCUT2D eigenvalue weighted by Crippen LogP contribution is -2.66. The number of hydrogen-bond donors (Lipinski definition) is 1. The second-order valence-electron chi connectivity index (χ2n) is 4.90. The number of likely N-dealkylation sites (N-methyl/N-ethyl adjacent to an activating group) is 1. The largest absolute Gasteiger partial charge is 0.469 e. The Morgan fingerprint density at radius 1 is 1.50 bits per heavy atom. The molecule has 1 aromatic heterocycles. The summed E-state index contributed by atoms with van der Waals surface area (Å²) >= 11 is 0. The molecule has 0 amide bonds. The van der Waals surface area contributed by atoms with E-state index >= 15 is 0 Å². The molecule has 4 heteroatoms. The normalized spacial score (nSPS) is 29.9. The van der Waals surface area contributed by atoms with Crippen molar-refractivity contribution in [2.24, 2.45) is 0 Å². The van der Waals surface area contributed by atoms with Crippen molar-refractivity contribution in [2.75, 3.05) is 39.9 Å². The lowest BCUT2D eigenvalue weighted by Gasteiger charge is -2.48. The lowest BCUT2D eigenvalue weighted by atomic mass is 9.75. The van der Waals surface area contributed by atoms with Gasteiger partial charge in [0.2, 0.25) is 0 Å². The molecule has 1 aromatic rings. The Hall–Kier alpha value is -0.840. The lowest BCUT2D eigenvalue weighted by molar-refractivity contribution is -0.0959. The highest BCUT2D eigenvalue weighted by Crippen LogP contribution is 2.37. The standard InChI is InChI=1S/C12H18N2O2/c1-14-5-4-13-10(7-14)12(8-15-9-12)11-3-2-6-16-11/h2-3,6,10,13H,4-5,7-9H2,1H3. The highest BCUT2D eigenvalue weighted by atomic mass is 16.5. The fourth-order valence-corrected chi connectivity index (χ4v) is 2.67. The monoisotopic (exact) mass is 222 g/mol. The van der Waals surface area contributed by atoms with Crippen LogP contribution in [0.3, 0.4) is 0 Å². The topological polar surface area (TPSA) is 37.6 Å². The van der Waals surface area contributed by atoms with E-state index in [9.17, 15) is 0 Å². The molecule has 0 bridgehead atoms. The summed E-state index contributed by atoms with van der Waals surface area (Å²) in [7, 11) is 2.17. The maximum Gasteiger partial charge on any atom is 0.116 e. The number of rotatable bonds is 2. The molecule has 1 atom stereocenters. The summed E-state index contributed by atoms with van der Waals surface area (Å²) in [6.45, 7) is 4.76. The first kappa shape index (κ1) is 10.3. The highest BCUT2D eigenvalue weighted by molar-refractivity contribution is 5.22. The van der Waals surface area contributed by atoms with E-state index in [0.29, 0.717) is 6.04 Å². The predicted octanol–water partition coefficient (Wildman–Crippen LogP) is 0.451. The molecule has 2 saturated heterocycles. The maximum absolute atomic E-state index is 5.59. The molecular formula is C12H18N2O2. The molecule has 0 radical (unpaired) electrons. The maximum atomic E-state index is 5.59. The minimum absolute atomic E-state index is 0.0538. The van der Waals surface area contributed by atoms with Crippen LogP contribution in [0.25, 0.3) is 0 Å². The second kappa shape index (κ2) is 3.87. The van der Waals surface area contributed by atoms with Gasteiger partial charge in [-0.3, -0.25) is 0 Å². The number of nitrogens with one attached hydrogen (secondary N) is 1. The Balaban J connectivity index is 1.84. The number of hydrogen-bond acceptors (Lipinski definition) is 4. The van der Waals surface area contributed by atoms with Crippen molar-refractivity contribution in [1.82, 2.24) is 10.2 Å². The molecule has 0 saturated carbocycles. The first-order valence-corrected chi connectivity index (χ1v) is 5.85. The average molecular weight is 222 g/mol. The third-order valence-electron chi connectivity index (χ3n) is 3.78. The molecule has 0 spiro atoms. The Labute approximate surface area is 95.6 Å². The van der Waals surface area contributed by atoms with Crippen molar-refractivity contribution in [3.8, 4) is 0 Å². The minimum atomic E-state index is 0.0538. The molecule has 3 rings (SSSR count). The molecule has 3 heterocycles. The van der Waals surface area contributed by atoms with Crippen LogP contribution in [-0.2, 0) is 10.2 Å². The van der Waals surface area contributed by atoms with Crippen LogP contribution >= 0.6 is 0 Å². The molecule has 1 N–H and O–H groups in total. The predicted molar refractivity (Wildman–Crippen MR) is 60.5 cm³/mol. The van der Waals surface area contributed by atoms with Crippen LogP contribution in [0.1, 0.15) is 5.76 Å². The molecule has 16 heavy (non-hydrogen) atoms. The van der Waals surface area contributed by atoms with Crippen LogP contribution in [0.15, 0.2) is 22.8 Å². The van der Waals surface area contributed by atoms with E-state index in [1.54, 1.807) is 6.26 Å². The third-order valence-corrected chi connectivity index (χ3v) is 3.78. The van der Waals surface area contributed by atoms with Crippen molar-refractivity contribution in [2.45, 2.75) is 11.5 Å². The van der Waals surface area contributed by atoms with Gasteiger partial charge in [0.1, 0.15) is 5.76 Å². The molecule has 1 unspecified atom stereocenters. The summed E-state index contributed by atoms with van der Waals surface area (Å²) in [6.07, 6.45) is 1.75. The van der Waals surface area contributed by atoms with Crippen LogP contribution in [0.4, 0.5) is 0 Å². The van der Waals surface area contributed by atoms with E-state index in [2.05, 4.69) is 23.3 Å². The SMILES string of the molecule is CN1CCNC(C2(c3ccco3)COC2)C1. The van der Waals surface area contributed by atoms with Crippen molar-refractivity contribution in [1.29, 1.82) is 0 Å². The van der Waals surface area contributed by atoms with Gasteiger partial charge in [-0.1, -0.05) is 0 Å². The summed E-state index contributed by atoms with van der Waals surface area (Å²) < 4.78 is 11.0. The quantitative estimate of drug-likeness (QED) is 0.788. The summed E-state index contributed by atoms with van der Waals surface area (Å²) in [6, 6.07) is 4.46. The molecule has 0 aliphatic carbocycles. The van der Waals surface area contributed by atoms with Crippen molar-refractivity contribution in [3.05, 3.63) is 24.2 Å². The van der Waals surface area contributed by atoms with Crippen LogP contribution in [0, 0.1) is 0 Å². The van der Waals surface area contributed by atoms with Crippen LogP contribution < -0.4 is 5.32 Å².